The molecule has 2 aromatic rings. The summed E-state index contributed by atoms with van der Waals surface area (Å²) in [5, 5.41) is 0. The van der Waals surface area contributed by atoms with Crippen LogP contribution in [0.25, 0.3) is 0 Å². The molecule has 0 atom stereocenters. The summed E-state index contributed by atoms with van der Waals surface area (Å²) < 4.78 is 5.98. The Bertz CT molecular complexity index is 602. The molecule has 0 heterocycles. The first-order valence-electron chi connectivity index (χ1n) is 9.19. The van der Waals surface area contributed by atoms with Crippen molar-refractivity contribution in [1.82, 2.24) is 0 Å². The van der Waals surface area contributed by atoms with E-state index in [9.17, 15) is 0 Å². The minimum Gasteiger partial charge on any atom is -0.477 e. The third-order valence-corrected chi connectivity index (χ3v) is 3.99. The van der Waals surface area contributed by atoms with Gasteiger partial charge in [0.05, 0.1) is 12.3 Å². The van der Waals surface area contributed by atoms with Crippen LogP contribution in [0.3, 0.4) is 0 Å². The van der Waals surface area contributed by atoms with Crippen LogP contribution >= 0.6 is 0 Å². The molecule has 0 spiro atoms. The van der Waals surface area contributed by atoms with Crippen LogP contribution in [-0.2, 0) is 11.2 Å². The summed E-state index contributed by atoms with van der Waals surface area (Å²) in [5.74, 6) is 0.716. The van der Waals surface area contributed by atoms with Crippen molar-refractivity contribution >= 4 is 11.6 Å². The van der Waals surface area contributed by atoms with Crippen LogP contribution in [0, 0.1) is 0 Å². The third kappa shape index (κ3) is 6.19. The highest BCUT2D eigenvalue weighted by Gasteiger charge is 2.05. The highest BCUT2D eigenvalue weighted by molar-refractivity contribution is 5.95. The van der Waals surface area contributed by atoms with Crippen molar-refractivity contribution in [2.75, 3.05) is 6.61 Å². The molecule has 0 bridgehead atoms. The first-order valence-corrected chi connectivity index (χ1v) is 9.19. The monoisotopic (exact) mass is 323 g/mol. The summed E-state index contributed by atoms with van der Waals surface area (Å²) in [6.07, 6.45) is 7.05. The van der Waals surface area contributed by atoms with Gasteiger partial charge in [0.15, 0.2) is 0 Å². The SMILES string of the molecule is CCCCCOC(=Nc1ccc(CCCC)cc1)c1ccccc1. The maximum atomic E-state index is 5.98. The van der Waals surface area contributed by atoms with Gasteiger partial charge in [-0.3, -0.25) is 0 Å². The topological polar surface area (TPSA) is 21.6 Å². The number of hydrogen-bond donors (Lipinski definition) is 0. The largest absolute Gasteiger partial charge is 0.477 e. The fraction of sp³-hybridized carbons (Fsp3) is 0.409. The number of rotatable bonds is 9. The summed E-state index contributed by atoms with van der Waals surface area (Å²) in [6.45, 7) is 5.14. The van der Waals surface area contributed by atoms with E-state index >= 15 is 0 Å². The van der Waals surface area contributed by atoms with Crippen molar-refractivity contribution in [1.29, 1.82) is 0 Å². The number of nitrogens with zero attached hydrogens (tertiary/aromatic N) is 1. The van der Waals surface area contributed by atoms with E-state index in [1.54, 1.807) is 0 Å². The average Bonchev–Trinajstić information content (AvgIpc) is 2.64. The summed E-state index contributed by atoms with van der Waals surface area (Å²) in [5.41, 5.74) is 3.36. The van der Waals surface area contributed by atoms with Crippen molar-refractivity contribution in [3.05, 3.63) is 65.7 Å². The minimum absolute atomic E-state index is 0.716. The molecule has 0 N–H and O–H groups in total. The molecule has 2 nitrogen and oxygen atoms in total. The zero-order valence-electron chi connectivity index (χ0n) is 15.0. The molecule has 24 heavy (non-hydrogen) atoms. The molecular formula is C22H29NO. The maximum Gasteiger partial charge on any atom is 0.221 e. The Kier molecular flexibility index (Phi) is 8.09. The lowest BCUT2D eigenvalue weighted by atomic mass is 10.1. The van der Waals surface area contributed by atoms with Crippen molar-refractivity contribution < 1.29 is 4.74 Å². The van der Waals surface area contributed by atoms with Gasteiger partial charge in [-0.2, -0.15) is 0 Å². The van der Waals surface area contributed by atoms with Gasteiger partial charge in [0, 0.05) is 5.56 Å². The van der Waals surface area contributed by atoms with Crippen LogP contribution in [0.4, 0.5) is 5.69 Å². The molecule has 0 aliphatic carbocycles. The van der Waals surface area contributed by atoms with Crippen molar-refractivity contribution in [2.24, 2.45) is 4.99 Å². The van der Waals surface area contributed by atoms with E-state index in [1.807, 2.05) is 30.3 Å². The van der Waals surface area contributed by atoms with Gasteiger partial charge in [0.25, 0.3) is 0 Å². The van der Waals surface area contributed by atoms with Gasteiger partial charge < -0.3 is 4.74 Å². The van der Waals surface area contributed by atoms with Crippen LogP contribution in [-0.4, -0.2) is 12.5 Å². The Morgan fingerprint density at radius 3 is 2.21 bits per heavy atom. The second kappa shape index (κ2) is 10.6. The van der Waals surface area contributed by atoms with Crippen LogP contribution in [0.5, 0.6) is 0 Å². The molecule has 0 unspecified atom stereocenters. The Hall–Kier alpha value is -2.09. The number of ether oxygens (including phenoxy) is 1. The third-order valence-electron chi connectivity index (χ3n) is 3.99. The fourth-order valence-electron chi connectivity index (χ4n) is 2.52. The molecule has 0 fully saturated rings. The van der Waals surface area contributed by atoms with E-state index in [1.165, 1.54) is 31.2 Å². The number of benzene rings is 2. The molecule has 0 aliphatic heterocycles. The Morgan fingerprint density at radius 1 is 0.833 bits per heavy atom. The lowest BCUT2D eigenvalue weighted by molar-refractivity contribution is 0.295. The summed E-state index contributed by atoms with van der Waals surface area (Å²) in [4.78, 5) is 4.74. The molecule has 2 rings (SSSR count). The molecule has 0 amide bonds. The highest BCUT2D eigenvalue weighted by atomic mass is 16.5. The van der Waals surface area contributed by atoms with Crippen LogP contribution in [0.1, 0.15) is 57.1 Å². The molecule has 0 saturated heterocycles. The molecule has 2 aromatic carbocycles. The number of aliphatic imine (C=N–C) groups is 1. The number of unbranched alkanes of at least 4 members (excludes halogenated alkanes) is 3. The van der Waals surface area contributed by atoms with Crippen LogP contribution < -0.4 is 0 Å². The highest BCUT2D eigenvalue weighted by Crippen LogP contribution is 2.17. The first-order chi connectivity index (χ1) is 11.8. The van der Waals surface area contributed by atoms with Crippen molar-refractivity contribution in [3.63, 3.8) is 0 Å². The zero-order valence-corrected chi connectivity index (χ0v) is 15.0. The molecule has 0 aromatic heterocycles. The fourth-order valence-corrected chi connectivity index (χ4v) is 2.52. The van der Waals surface area contributed by atoms with Gasteiger partial charge in [-0.25, -0.2) is 4.99 Å². The first kappa shape index (κ1) is 18.3. The van der Waals surface area contributed by atoms with Gasteiger partial charge in [0.2, 0.25) is 5.90 Å². The number of aryl methyl sites for hydroxylation is 1. The predicted molar refractivity (Wildman–Crippen MR) is 103 cm³/mol. The van der Waals surface area contributed by atoms with Gasteiger partial charge in [0.1, 0.15) is 0 Å². The normalized spacial score (nSPS) is 11.5. The Morgan fingerprint density at radius 2 is 1.54 bits per heavy atom. The standard InChI is InChI=1S/C22H29NO/c1-3-5-10-18-24-22(20-12-8-7-9-13-20)23-21-16-14-19(15-17-21)11-6-4-2/h7-9,12-17H,3-6,10-11,18H2,1-2H3. The smallest absolute Gasteiger partial charge is 0.221 e. The van der Waals surface area contributed by atoms with Gasteiger partial charge in [-0.05, 0) is 49.1 Å². The van der Waals surface area contributed by atoms with Crippen molar-refractivity contribution in [3.8, 4) is 0 Å². The second-order valence-electron chi connectivity index (χ2n) is 6.11. The van der Waals surface area contributed by atoms with E-state index in [4.69, 9.17) is 9.73 Å². The Balaban J connectivity index is 2.11. The van der Waals surface area contributed by atoms with Crippen molar-refractivity contribution in [2.45, 2.75) is 52.4 Å². The van der Waals surface area contributed by atoms with E-state index in [0.717, 1.165) is 30.7 Å². The molecular weight excluding hydrogens is 294 g/mol. The number of hydrogen-bond acceptors (Lipinski definition) is 2. The lowest BCUT2D eigenvalue weighted by Gasteiger charge is -2.10. The van der Waals surface area contributed by atoms with E-state index in [2.05, 4.69) is 38.1 Å². The lowest BCUT2D eigenvalue weighted by Crippen LogP contribution is -2.07. The quantitative estimate of drug-likeness (QED) is 0.301. The summed E-state index contributed by atoms with van der Waals surface area (Å²) in [6, 6.07) is 18.7. The van der Waals surface area contributed by atoms with E-state index in [-0.39, 0.29) is 0 Å². The second-order valence-corrected chi connectivity index (χ2v) is 6.11. The minimum atomic E-state index is 0.716. The van der Waals surface area contributed by atoms with E-state index < -0.39 is 0 Å². The van der Waals surface area contributed by atoms with Crippen LogP contribution in [0.2, 0.25) is 0 Å². The molecule has 0 saturated carbocycles. The van der Waals surface area contributed by atoms with Crippen LogP contribution in [0.15, 0.2) is 59.6 Å². The average molecular weight is 323 g/mol. The van der Waals surface area contributed by atoms with Gasteiger partial charge >= 0.3 is 0 Å². The molecule has 128 valence electrons. The molecule has 2 heteroatoms. The van der Waals surface area contributed by atoms with Gasteiger partial charge in [-0.15, -0.1) is 0 Å². The Labute approximate surface area is 146 Å². The molecule has 0 aliphatic rings. The van der Waals surface area contributed by atoms with E-state index in [0.29, 0.717) is 5.90 Å². The predicted octanol–water partition coefficient (Wildman–Crippen LogP) is 6.31. The summed E-state index contributed by atoms with van der Waals surface area (Å²) in [7, 11) is 0. The zero-order chi connectivity index (χ0) is 17.0. The summed E-state index contributed by atoms with van der Waals surface area (Å²) >= 11 is 0. The maximum absolute atomic E-state index is 5.98. The molecule has 0 radical (unpaired) electrons. The van der Waals surface area contributed by atoms with Gasteiger partial charge in [-0.1, -0.05) is 63.4 Å².